The summed E-state index contributed by atoms with van der Waals surface area (Å²) in [5.41, 5.74) is 2.66. The van der Waals surface area contributed by atoms with Gasteiger partial charge in [0.25, 0.3) is 5.91 Å². The summed E-state index contributed by atoms with van der Waals surface area (Å²) in [5.74, 6) is 0.796. The number of anilines is 1. The molecule has 1 heterocycles. The predicted octanol–water partition coefficient (Wildman–Crippen LogP) is 4.74. The molecule has 1 amide bonds. The van der Waals surface area contributed by atoms with Crippen LogP contribution in [-0.4, -0.2) is 13.0 Å². The first-order chi connectivity index (χ1) is 10.7. The minimum absolute atomic E-state index is 0.0125. The second-order valence-electron chi connectivity index (χ2n) is 5.14. The molecule has 1 atom stereocenters. The molecule has 0 bridgehead atoms. The van der Waals surface area contributed by atoms with Crippen LogP contribution in [0.1, 0.15) is 28.4 Å². The Morgan fingerprint density at radius 2 is 2.00 bits per heavy atom. The predicted molar refractivity (Wildman–Crippen MR) is 91.5 cm³/mol. The number of ether oxygens (including phenoxy) is 1. The molecule has 3 nitrogen and oxygen atoms in total. The van der Waals surface area contributed by atoms with E-state index >= 15 is 0 Å². The molecule has 2 aromatic carbocycles. The molecule has 22 heavy (non-hydrogen) atoms. The van der Waals surface area contributed by atoms with Gasteiger partial charge in [-0.25, -0.2) is 0 Å². The van der Waals surface area contributed by atoms with E-state index in [0.717, 1.165) is 27.0 Å². The highest BCUT2D eigenvalue weighted by Gasteiger charge is 2.36. The van der Waals surface area contributed by atoms with E-state index in [4.69, 9.17) is 4.74 Å². The average molecular weight is 358 g/mol. The molecule has 0 N–H and O–H groups in total. The molecule has 0 aliphatic carbocycles. The zero-order valence-electron chi connectivity index (χ0n) is 12.3. The molecule has 1 aliphatic rings. The van der Waals surface area contributed by atoms with E-state index in [1.54, 1.807) is 7.11 Å². The maximum absolute atomic E-state index is 12.8. The normalized spacial score (nSPS) is 16.5. The Balaban J connectivity index is 2.06. The first kappa shape index (κ1) is 14.9. The van der Waals surface area contributed by atoms with Crippen molar-refractivity contribution in [3.63, 3.8) is 0 Å². The molecule has 0 fully saturated rings. The summed E-state index contributed by atoms with van der Waals surface area (Å²) in [6.45, 7) is 3.83. The molecule has 1 aliphatic heterocycles. The van der Waals surface area contributed by atoms with Gasteiger partial charge in [0.2, 0.25) is 0 Å². The standard InChI is InChI=1S/C18H16BrNO2/c1-3-4-17-15-10-5-12(19)11-16(15)18(21)20(17)13-6-8-14(22-2)9-7-13/h3,5-11,17H,1,4H2,2H3/t17-/m1/s1. The molecule has 4 heteroatoms. The van der Waals surface area contributed by atoms with Crippen LogP contribution in [0.2, 0.25) is 0 Å². The monoisotopic (exact) mass is 357 g/mol. The number of nitrogens with zero attached hydrogens (tertiary/aromatic N) is 1. The van der Waals surface area contributed by atoms with Crippen LogP contribution in [0, 0.1) is 0 Å². The SMILES string of the molecule is C=CC[C@@H]1c2ccc(Br)cc2C(=O)N1c1ccc(OC)cc1. The molecule has 112 valence electrons. The van der Waals surface area contributed by atoms with E-state index in [2.05, 4.69) is 22.5 Å². The van der Waals surface area contributed by atoms with Gasteiger partial charge in [-0.1, -0.05) is 28.1 Å². The van der Waals surface area contributed by atoms with Crippen molar-refractivity contribution in [3.05, 3.63) is 70.7 Å². The Hall–Kier alpha value is -2.07. The zero-order valence-corrected chi connectivity index (χ0v) is 13.8. The third kappa shape index (κ3) is 2.44. The molecule has 3 rings (SSSR count). The summed E-state index contributed by atoms with van der Waals surface area (Å²) in [6.07, 6.45) is 2.57. The summed E-state index contributed by atoms with van der Waals surface area (Å²) in [6, 6.07) is 13.4. The van der Waals surface area contributed by atoms with Crippen molar-refractivity contribution < 1.29 is 9.53 Å². The van der Waals surface area contributed by atoms with Crippen LogP contribution in [0.25, 0.3) is 0 Å². The lowest BCUT2D eigenvalue weighted by atomic mass is 10.0. The summed E-state index contributed by atoms with van der Waals surface area (Å²) < 4.78 is 6.10. The van der Waals surface area contributed by atoms with E-state index in [1.165, 1.54) is 0 Å². The van der Waals surface area contributed by atoms with Crippen LogP contribution in [0.3, 0.4) is 0 Å². The van der Waals surface area contributed by atoms with Gasteiger partial charge in [0.1, 0.15) is 5.75 Å². The van der Waals surface area contributed by atoms with Crippen molar-refractivity contribution in [2.75, 3.05) is 12.0 Å². The second-order valence-corrected chi connectivity index (χ2v) is 6.06. The molecular formula is C18H16BrNO2. The van der Waals surface area contributed by atoms with Gasteiger partial charge in [0.05, 0.1) is 13.2 Å². The number of carbonyl (C=O) groups is 1. The number of methoxy groups -OCH3 is 1. The molecule has 2 aromatic rings. The van der Waals surface area contributed by atoms with Crippen molar-refractivity contribution in [3.8, 4) is 5.75 Å². The third-order valence-corrected chi connectivity index (χ3v) is 4.37. The summed E-state index contributed by atoms with van der Waals surface area (Å²) in [4.78, 5) is 14.7. The molecular weight excluding hydrogens is 342 g/mol. The maximum Gasteiger partial charge on any atom is 0.259 e. The van der Waals surface area contributed by atoms with Gasteiger partial charge in [-0.15, -0.1) is 6.58 Å². The molecule has 0 unspecified atom stereocenters. The highest BCUT2D eigenvalue weighted by Crippen LogP contribution is 2.40. The summed E-state index contributed by atoms with van der Waals surface area (Å²) in [5, 5.41) is 0. The smallest absolute Gasteiger partial charge is 0.259 e. The largest absolute Gasteiger partial charge is 0.497 e. The van der Waals surface area contributed by atoms with E-state index < -0.39 is 0 Å². The van der Waals surface area contributed by atoms with Gasteiger partial charge in [-0.3, -0.25) is 4.79 Å². The number of amides is 1. The number of hydrogen-bond donors (Lipinski definition) is 0. The fraction of sp³-hybridized carbons (Fsp3) is 0.167. The first-order valence-electron chi connectivity index (χ1n) is 7.03. The van der Waals surface area contributed by atoms with E-state index in [-0.39, 0.29) is 11.9 Å². The zero-order chi connectivity index (χ0) is 15.7. The van der Waals surface area contributed by atoms with Crippen LogP contribution in [-0.2, 0) is 0 Å². The molecule has 0 saturated heterocycles. The summed E-state index contributed by atoms with van der Waals surface area (Å²) >= 11 is 3.44. The van der Waals surface area contributed by atoms with Crippen LogP contribution in [0.5, 0.6) is 5.75 Å². The molecule has 0 saturated carbocycles. The third-order valence-electron chi connectivity index (χ3n) is 3.88. The lowest BCUT2D eigenvalue weighted by molar-refractivity contribution is 0.0991. The van der Waals surface area contributed by atoms with Crippen molar-refractivity contribution in [2.45, 2.75) is 12.5 Å². The number of carbonyl (C=O) groups excluding carboxylic acids is 1. The Bertz CT molecular complexity index is 724. The molecule has 0 aromatic heterocycles. The Morgan fingerprint density at radius 1 is 1.27 bits per heavy atom. The number of fused-ring (bicyclic) bond motifs is 1. The van der Waals surface area contributed by atoms with Crippen LogP contribution in [0.15, 0.2) is 59.6 Å². The minimum atomic E-state index is -0.0125. The van der Waals surface area contributed by atoms with Gasteiger partial charge < -0.3 is 9.64 Å². The number of hydrogen-bond acceptors (Lipinski definition) is 2. The number of halogens is 1. The lowest BCUT2D eigenvalue weighted by Crippen LogP contribution is -2.27. The fourth-order valence-corrected chi connectivity index (χ4v) is 3.21. The molecule has 0 radical (unpaired) electrons. The van der Waals surface area contributed by atoms with Crippen molar-refractivity contribution in [1.29, 1.82) is 0 Å². The van der Waals surface area contributed by atoms with Gasteiger partial charge >= 0.3 is 0 Å². The van der Waals surface area contributed by atoms with E-state index in [9.17, 15) is 4.79 Å². The lowest BCUT2D eigenvalue weighted by Gasteiger charge is -2.24. The van der Waals surface area contributed by atoms with Gasteiger partial charge in [0, 0.05) is 15.7 Å². The quantitative estimate of drug-likeness (QED) is 0.739. The fourth-order valence-electron chi connectivity index (χ4n) is 2.84. The maximum atomic E-state index is 12.8. The topological polar surface area (TPSA) is 29.5 Å². The highest BCUT2D eigenvalue weighted by atomic mass is 79.9. The average Bonchev–Trinajstić information content (AvgIpc) is 2.80. The number of benzene rings is 2. The molecule has 0 spiro atoms. The van der Waals surface area contributed by atoms with Crippen LogP contribution in [0.4, 0.5) is 5.69 Å². The van der Waals surface area contributed by atoms with E-state index in [0.29, 0.717) is 6.42 Å². The summed E-state index contributed by atoms with van der Waals surface area (Å²) in [7, 11) is 1.63. The van der Waals surface area contributed by atoms with Crippen molar-refractivity contribution in [1.82, 2.24) is 0 Å². The van der Waals surface area contributed by atoms with Crippen molar-refractivity contribution in [2.24, 2.45) is 0 Å². The first-order valence-corrected chi connectivity index (χ1v) is 7.83. The Morgan fingerprint density at radius 3 is 2.64 bits per heavy atom. The van der Waals surface area contributed by atoms with Crippen molar-refractivity contribution >= 4 is 27.5 Å². The Labute approximate surface area is 138 Å². The van der Waals surface area contributed by atoms with Gasteiger partial charge in [-0.05, 0) is 48.4 Å². The number of rotatable bonds is 4. The second kappa shape index (κ2) is 5.97. The van der Waals surface area contributed by atoms with Crippen LogP contribution < -0.4 is 9.64 Å². The Kier molecular flexibility index (Phi) is 4.03. The van der Waals surface area contributed by atoms with Gasteiger partial charge in [0.15, 0.2) is 0 Å². The van der Waals surface area contributed by atoms with Gasteiger partial charge in [-0.2, -0.15) is 0 Å². The van der Waals surface area contributed by atoms with Crippen LogP contribution >= 0.6 is 15.9 Å². The minimum Gasteiger partial charge on any atom is -0.497 e. The highest BCUT2D eigenvalue weighted by molar-refractivity contribution is 9.10. The van der Waals surface area contributed by atoms with E-state index in [1.807, 2.05) is 53.4 Å².